The molecule has 8 nitrogen and oxygen atoms in total. The topological polar surface area (TPSA) is 153 Å². The Morgan fingerprint density at radius 3 is 2.22 bits per heavy atom. The lowest BCUT2D eigenvalue weighted by Crippen LogP contribution is -2.38. The first kappa shape index (κ1) is 16.3. The maximum Gasteiger partial charge on any atom is 0.345 e. The van der Waals surface area contributed by atoms with Crippen LogP contribution in [0, 0.1) is 0 Å². The summed E-state index contributed by atoms with van der Waals surface area (Å²) in [5, 5.41) is 17.1. The lowest BCUT2D eigenvalue weighted by Gasteiger charge is -2.15. The summed E-state index contributed by atoms with van der Waals surface area (Å²) in [6.45, 7) is 0.471. The number of nitrogens with two attached hydrogens (primary N) is 2. The molecule has 2 unspecified atom stereocenters. The third-order valence-electron chi connectivity index (χ3n) is 2.17. The van der Waals surface area contributed by atoms with E-state index in [1.807, 2.05) is 0 Å². The fourth-order valence-electron chi connectivity index (χ4n) is 1.19. The smallest absolute Gasteiger partial charge is 0.345 e. The maximum atomic E-state index is 11.4. The summed E-state index contributed by atoms with van der Waals surface area (Å²) >= 11 is 0. The van der Waals surface area contributed by atoms with Crippen LogP contribution in [0.15, 0.2) is 0 Å². The van der Waals surface area contributed by atoms with Crippen LogP contribution in [0.3, 0.4) is 0 Å². The van der Waals surface area contributed by atoms with Crippen LogP contribution in [-0.4, -0.2) is 46.8 Å². The van der Waals surface area contributed by atoms with E-state index in [4.69, 9.17) is 21.7 Å². The molecule has 0 aromatic carbocycles. The van der Waals surface area contributed by atoms with Crippen LogP contribution < -0.4 is 11.5 Å². The zero-order valence-electron chi connectivity index (χ0n) is 9.87. The van der Waals surface area contributed by atoms with E-state index in [-0.39, 0.29) is 0 Å². The van der Waals surface area contributed by atoms with Gasteiger partial charge in [0.05, 0.1) is 6.42 Å². The number of hydrogen-bond donors (Lipinski definition) is 4. The molecule has 0 bridgehead atoms. The molecule has 0 aliphatic carbocycles. The Hall–Kier alpha value is -1.67. The van der Waals surface area contributed by atoms with Crippen LogP contribution in [0.2, 0.25) is 0 Å². The van der Waals surface area contributed by atoms with E-state index < -0.39 is 36.5 Å². The second-order valence-electron chi connectivity index (χ2n) is 3.75. The molecule has 0 aromatic heterocycles. The molecular formula is C10H18N2O6. The van der Waals surface area contributed by atoms with E-state index in [0.717, 1.165) is 0 Å². The number of aliphatic carboxylic acids is 2. The van der Waals surface area contributed by atoms with Crippen molar-refractivity contribution in [2.24, 2.45) is 11.5 Å². The van der Waals surface area contributed by atoms with Gasteiger partial charge in [0.15, 0.2) is 0 Å². The Bertz CT molecular complexity index is 307. The molecule has 0 heterocycles. The van der Waals surface area contributed by atoms with Gasteiger partial charge in [-0.2, -0.15) is 0 Å². The minimum absolute atomic E-state index is 0.315. The summed E-state index contributed by atoms with van der Waals surface area (Å²) in [7, 11) is 0. The molecule has 0 aliphatic heterocycles. The first-order valence-electron chi connectivity index (χ1n) is 5.49. The summed E-state index contributed by atoms with van der Waals surface area (Å²) in [6, 6.07) is -0.966. The third-order valence-corrected chi connectivity index (χ3v) is 2.17. The number of carboxylic acids is 2. The predicted molar refractivity (Wildman–Crippen MR) is 60.6 cm³/mol. The van der Waals surface area contributed by atoms with Gasteiger partial charge in [-0.25, -0.2) is 4.79 Å². The molecule has 0 spiro atoms. The van der Waals surface area contributed by atoms with Crippen molar-refractivity contribution in [2.75, 3.05) is 6.54 Å². The SMILES string of the molecule is NCCCCC(N)C(=O)OC(CC(=O)O)C(=O)O. The molecule has 6 N–H and O–H groups in total. The van der Waals surface area contributed by atoms with Crippen LogP contribution >= 0.6 is 0 Å². The fraction of sp³-hybridized carbons (Fsp3) is 0.700. The highest BCUT2D eigenvalue weighted by Gasteiger charge is 2.27. The van der Waals surface area contributed by atoms with E-state index in [1.54, 1.807) is 0 Å². The molecule has 0 radical (unpaired) electrons. The Labute approximate surface area is 104 Å². The summed E-state index contributed by atoms with van der Waals surface area (Å²) in [6.07, 6.45) is -0.885. The zero-order valence-corrected chi connectivity index (χ0v) is 9.87. The van der Waals surface area contributed by atoms with Crippen molar-refractivity contribution in [3.63, 3.8) is 0 Å². The van der Waals surface area contributed by atoms with E-state index in [0.29, 0.717) is 25.8 Å². The zero-order chi connectivity index (χ0) is 14.1. The number of rotatable bonds is 9. The molecule has 8 heteroatoms. The van der Waals surface area contributed by atoms with Gasteiger partial charge in [-0.15, -0.1) is 0 Å². The van der Waals surface area contributed by atoms with Crippen molar-refractivity contribution in [3.05, 3.63) is 0 Å². The van der Waals surface area contributed by atoms with Crippen molar-refractivity contribution in [2.45, 2.75) is 37.8 Å². The average molecular weight is 262 g/mol. The van der Waals surface area contributed by atoms with Crippen LogP contribution in [-0.2, 0) is 19.1 Å². The van der Waals surface area contributed by atoms with Crippen molar-refractivity contribution in [1.82, 2.24) is 0 Å². The lowest BCUT2D eigenvalue weighted by molar-refractivity contribution is -0.168. The second-order valence-corrected chi connectivity index (χ2v) is 3.75. The van der Waals surface area contributed by atoms with Crippen LogP contribution in [0.4, 0.5) is 0 Å². The second kappa shape index (κ2) is 8.43. The molecule has 2 atom stereocenters. The van der Waals surface area contributed by atoms with Gasteiger partial charge < -0.3 is 26.4 Å². The van der Waals surface area contributed by atoms with Crippen molar-refractivity contribution in [1.29, 1.82) is 0 Å². The van der Waals surface area contributed by atoms with Gasteiger partial charge in [-0.05, 0) is 19.4 Å². The molecule has 0 aliphatic rings. The van der Waals surface area contributed by atoms with Gasteiger partial charge >= 0.3 is 17.9 Å². The summed E-state index contributed by atoms with van der Waals surface area (Å²) < 4.78 is 4.54. The lowest BCUT2D eigenvalue weighted by atomic mass is 10.1. The van der Waals surface area contributed by atoms with Gasteiger partial charge in [0.1, 0.15) is 6.04 Å². The molecule has 0 amide bonds. The average Bonchev–Trinajstić information content (AvgIpc) is 2.27. The Morgan fingerprint density at radius 1 is 1.17 bits per heavy atom. The van der Waals surface area contributed by atoms with Crippen LogP contribution in [0.1, 0.15) is 25.7 Å². The van der Waals surface area contributed by atoms with Gasteiger partial charge in [0.2, 0.25) is 6.10 Å². The van der Waals surface area contributed by atoms with Crippen LogP contribution in [0.25, 0.3) is 0 Å². The van der Waals surface area contributed by atoms with Gasteiger partial charge in [-0.3, -0.25) is 9.59 Å². The molecule has 0 fully saturated rings. The van der Waals surface area contributed by atoms with Crippen molar-refractivity contribution < 1.29 is 29.3 Å². The predicted octanol–water partition coefficient (Wildman–Crippen LogP) is -1.09. The summed E-state index contributed by atoms with van der Waals surface area (Å²) in [5.74, 6) is -3.80. The number of carbonyl (C=O) groups excluding carboxylic acids is 1. The first-order valence-corrected chi connectivity index (χ1v) is 5.49. The Kier molecular flexibility index (Phi) is 7.64. The summed E-state index contributed by atoms with van der Waals surface area (Å²) in [5.41, 5.74) is 10.7. The molecule has 104 valence electrons. The highest BCUT2D eigenvalue weighted by Crippen LogP contribution is 2.05. The molecule has 0 rings (SSSR count). The van der Waals surface area contributed by atoms with Gasteiger partial charge in [-0.1, -0.05) is 6.42 Å². The Balaban J connectivity index is 4.23. The highest BCUT2D eigenvalue weighted by molar-refractivity contribution is 5.84. The van der Waals surface area contributed by atoms with Crippen molar-refractivity contribution >= 4 is 17.9 Å². The number of hydrogen-bond acceptors (Lipinski definition) is 6. The molecule has 18 heavy (non-hydrogen) atoms. The van der Waals surface area contributed by atoms with E-state index in [9.17, 15) is 14.4 Å². The molecule has 0 aromatic rings. The van der Waals surface area contributed by atoms with E-state index >= 15 is 0 Å². The number of carboxylic acid groups (broad SMARTS) is 2. The largest absolute Gasteiger partial charge is 0.481 e. The first-order chi connectivity index (χ1) is 8.38. The quantitative estimate of drug-likeness (QED) is 0.302. The minimum atomic E-state index is -1.71. The van der Waals surface area contributed by atoms with E-state index in [2.05, 4.69) is 4.74 Å². The fourth-order valence-corrected chi connectivity index (χ4v) is 1.19. The number of unbranched alkanes of at least 4 members (excludes halogenated alkanes) is 1. The maximum absolute atomic E-state index is 11.4. The highest BCUT2D eigenvalue weighted by atomic mass is 16.6. The molecule has 0 saturated carbocycles. The van der Waals surface area contributed by atoms with Crippen molar-refractivity contribution in [3.8, 4) is 0 Å². The van der Waals surface area contributed by atoms with E-state index in [1.165, 1.54) is 0 Å². The number of ether oxygens (including phenoxy) is 1. The number of esters is 1. The Morgan fingerprint density at radius 2 is 1.78 bits per heavy atom. The summed E-state index contributed by atoms with van der Waals surface area (Å²) in [4.78, 5) is 32.4. The monoisotopic (exact) mass is 262 g/mol. The minimum Gasteiger partial charge on any atom is -0.481 e. The normalized spacial score (nSPS) is 13.7. The third kappa shape index (κ3) is 6.81. The van der Waals surface area contributed by atoms with Gasteiger partial charge in [0.25, 0.3) is 0 Å². The molecule has 0 saturated heterocycles. The standard InChI is InChI=1S/C10H18N2O6/c11-4-2-1-3-6(12)10(17)18-7(9(15)16)5-8(13)14/h6-7H,1-5,11-12H2,(H,13,14)(H,15,16). The van der Waals surface area contributed by atoms with Gasteiger partial charge in [0, 0.05) is 0 Å². The van der Waals surface area contributed by atoms with Crippen LogP contribution in [0.5, 0.6) is 0 Å². The molecular weight excluding hydrogens is 244 g/mol. The number of carbonyl (C=O) groups is 3.